The average Bonchev–Trinajstić information content (AvgIpc) is 3.24. The molecule has 0 N–H and O–H groups in total. The van der Waals surface area contributed by atoms with Crippen LogP contribution in [0.1, 0.15) is 30.0 Å². The molecule has 0 saturated carbocycles. The van der Waals surface area contributed by atoms with E-state index >= 15 is 0 Å². The maximum absolute atomic E-state index is 6.33. The van der Waals surface area contributed by atoms with Gasteiger partial charge < -0.3 is 4.90 Å². The Labute approximate surface area is 153 Å². The number of halogens is 1. The van der Waals surface area contributed by atoms with E-state index in [1.807, 2.05) is 25.5 Å². The van der Waals surface area contributed by atoms with Crippen LogP contribution in [0.2, 0.25) is 5.15 Å². The second-order valence-electron chi connectivity index (χ2n) is 6.70. The van der Waals surface area contributed by atoms with Gasteiger partial charge in [0.15, 0.2) is 0 Å². The summed E-state index contributed by atoms with van der Waals surface area (Å²) >= 11 is 6.33. The molecule has 1 aromatic carbocycles. The van der Waals surface area contributed by atoms with Gasteiger partial charge in [0, 0.05) is 25.4 Å². The first-order valence-corrected chi connectivity index (χ1v) is 8.98. The molecule has 0 radical (unpaired) electrons. The predicted molar refractivity (Wildman–Crippen MR) is 102 cm³/mol. The number of nitrogens with zero attached hydrogens (tertiary/aromatic N) is 4. The predicted octanol–water partition coefficient (Wildman–Crippen LogP) is 4.79. The Kier molecular flexibility index (Phi) is 4.22. The third-order valence-corrected chi connectivity index (χ3v) is 5.02. The third-order valence-electron chi connectivity index (χ3n) is 4.83. The molecular weight excluding hydrogens is 332 g/mol. The van der Waals surface area contributed by atoms with E-state index in [0.29, 0.717) is 11.2 Å². The molecule has 0 aliphatic carbocycles. The SMILES string of the molecule is Cc1ccc([C@@H]2CCCN2c2cc(-c3cnn(C)c3)cc(Cl)n2)cc1. The number of pyridine rings is 1. The summed E-state index contributed by atoms with van der Waals surface area (Å²) in [5.41, 5.74) is 4.73. The van der Waals surface area contributed by atoms with Crippen molar-refractivity contribution in [2.24, 2.45) is 7.05 Å². The minimum Gasteiger partial charge on any atom is -0.350 e. The summed E-state index contributed by atoms with van der Waals surface area (Å²) < 4.78 is 1.80. The highest BCUT2D eigenvalue weighted by Crippen LogP contribution is 2.37. The maximum Gasteiger partial charge on any atom is 0.132 e. The van der Waals surface area contributed by atoms with Gasteiger partial charge >= 0.3 is 0 Å². The molecule has 3 aromatic rings. The van der Waals surface area contributed by atoms with Crippen molar-refractivity contribution in [3.63, 3.8) is 0 Å². The van der Waals surface area contributed by atoms with Gasteiger partial charge in [-0.05, 0) is 43.0 Å². The second-order valence-corrected chi connectivity index (χ2v) is 7.09. The van der Waals surface area contributed by atoms with E-state index < -0.39 is 0 Å². The molecule has 1 saturated heterocycles. The minimum absolute atomic E-state index is 0.355. The zero-order chi connectivity index (χ0) is 17.4. The number of rotatable bonds is 3. The van der Waals surface area contributed by atoms with E-state index in [0.717, 1.165) is 36.3 Å². The van der Waals surface area contributed by atoms with Crippen LogP contribution in [0.4, 0.5) is 5.82 Å². The first-order chi connectivity index (χ1) is 12.1. The van der Waals surface area contributed by atoms with E-state index in [-0.39, 0.29) is 0 Å². The van der Waals surface area contributed by atoms with Crippen LogP contribution in [-0.4, -0.2) is 21.3 Å². The smallest absolute Gasteiger partial charge is 0.132 e. The first kappa shape index (κ1) is 16.2. The van der Waals surface area contributed by atoms with Crippen LogP contribution >= 0.6 is 11.6 Å². The molecule has 1 atom stereocenters. The lowest BCUT2D eigenvalue weighted by molar-refractivity contribution is 0.711. The third kappa shape index (κ3) is 3.27. The fourth-order valence-electron chi connectivity index (χ4n) is 3.54. The van der Waals surface area contributed by atoms with Crippen LogP contribution in [0.25, 0.3) is 11.1 Å². The van der Waals surface area contributed by atoms with E-state index in [9.17, 15) is 0 Å². The van der Waals surface area contributed by atoms with Crippen molar-refractivity contribution < 1.29 is 0 Å². The summed E-state index contributed by atoms with van der Waals surface area (Å²) in [6.45, 7) is 3.12. The molecule has 5 heteroatoms. The van der Waals surface area contributed by atoms with Gasteiger partial charge in [0.05, 0.1) is 12.2 Å². The molecule has 3 heterocycles. The Balaban J connectivity index is 1.70. The Morgan fingerprint density at radius 3 is 2.64 bits per heavy atom. The molecule has 1 aliphatic heterocycles. The van der Waals surface area contributed by atoms with Gasteiger partial charge in [-0.3, -0.25) is 4.68 Å². The summed E-state index contributed by atoms with van der Waals surface area (Å²) in [5, 5.41) is 4.78. The normalized spacial score (nSPS) is 17.2. The highest BCUT2D eigenvalue weighted by Gasteiger charge is 2.27. The lowest BCUT2D eigenvalue weighted by atomic mass is 10.0. The minimum atomic E-state index is 0.355. The Morgan fingerprint density at radius 1 is 1.12 bits per heavy atom. The molecule has 128 valence electrons. The maximum atomic E-state index is 6.33. The van der Waals surface area contributed by atoms with E-state index in [1.54, 1.807) is 4.68 Å². The van der Waals surface area contributed by atoms with Crippen molar-refractivity contribution in [2.45, 2.75) is 25.8 Å². The van der Waals surface area contributed by atoms with Crippen LogP contribution in [0.15, 0.2) is 48.8 Å². The van der Waals surface area contributed by atoms with E-state index in [4.69, 9.17) is 11.6 Å². The fourth-order valence-corrected chi connectivity index (χ4v) is 3.75. The molecule has 0 unspecified atom stereocenters. The lowest BCUT2D eigenvalue weighted by Gasteiger charge is -2.26. The Morgan fingerprint density at radius 2 is 1.92 bits per heavy atom. The highest BCUT2D eigenvalue weighted by molar-refractivity contribution is 6.29. The summed E-state index contributed by atoms with van der Waals surface area (Å²) in [5.74, 6) is 0.939. The number of aryl methyl sites for hydroxylation is 2. The van der Waals surface area contributed by atoms with Crippen molar-refractivity contribution in [3.05, 3.63) is 65.1 Å². The number of hydrogen-bond donors (Lipinski definition) is 0. The van der Waals surface area contributed by atoms with Gasteiger partial charge in [0.1, 0.15) is 11.0 Å². The van der Waals surface area contributed by atoms with Crippen LogP contribution in [0.5, 0.6) is 0 Å². The summed E-state index contributed by atoms with van der Waals surface area (Å²) in [6.07, 6.45) is 6.15. The van der Waals surface area contributed by atoms with Crippen LogP contribution in [0, 0.1) is 6.92 Å². The zero-order valence-electron chi connectivity index (χ0n) is 14.5. The van der Waals surface area contributed by atoms with E-state index in [2.05, 4.69) is 52.2 Å². The molecule has 4 rings (SSSR count). The number of hydrogen-bond acceptors (Lipinski definition) is 3. The molecule has 25 heavy (non-hydrogen) atoms. The van der Waals surface area contributed by atoms with Gasteiger partial charge in [-0.1, -0.05) is 41.4 Å². The van der Waals surface area contributed by atoms with Crippen molar-refractivity contribution >= 4 is 17.4 Å². The van der Waals surface area contributed by atoms with Crippen molar-refractivity contribution in [1.29, 1.82) is 0 Å². The Hall–Kier alpha value is -2.33. The molecule has 4 nitrogen and oxygen atoms in total. The quantitative estimate of drug-likeness (QED) is 0.636. The number of benzene rings is 1. The lowest BCUT2D eigenvalue weighted by Crippen LogP contribution is -2.23. The van der Waals surface area contributed by atoms with Gasteiger partial charge in [-0.2, -0.15) is 5.10 Å². The number of anilines is 1. The van der Waals surface area contributed by atoms with Crippen molar-refractivity contribution in [2.75, 3.05) is 11.4 Å². The zero-order valence-corrected chi connectivity index (χ0v) is 15.2. The molecule has 0 bridgehead atoms. The largest absolute Gasteiger partial charge is 0.350 e. The van der Waals surface area contributed by atoms with Crippen LogP contribution in [0.3, 0.4) is 0 Å². The fraction of sp³-hybridized carbons (Fsp3) is 0.300. The first-order valence-electron chi connectivity index (χ1n) is 8.60. The molecule has 0 spiro atoms. The second kappa shape index (κ2) is 6.52. The molecular formula is C20H21ClN4. The standard InChI is InChI=1S/C20H21ClN4/c1-14-5-7-15(8-6-14)18-4-3-9-25(18)20-11-16(10-19(21)23-20)17-12-22-24(2)13-17/h5-8,10-13,18H,3-4,9H2,1-2H3/t18-/m0/s1. The molecule has 2 aromatic heterocycles. The summed E-state index contributed by atoms with van der Waals surface area (Å²) in [7, 11) is 1.92. The van der Waals surface area contributed by atoms with Gasteiger partial charge in [0.25, 0.3) is 0 Å². The van der Waals surface area contributed by atoms with Crippen LogP contribution < -0.4 is 4.90 Å². The highest BCUT2D eigenvalue weighted by atomic mass is 35.5. The summed E-state index contributed by atoms with van der Waals surface area (Å²) in [4.78, 5) is 6.98. The summed E-state index contributed by atoms with van der Waals surface area (Å²) in [6, 6.07) is 13.2. The topological polar surface area (TPSA) is 34.0 Å². The van der Waals surface area contributed by atoms with Gasteiger partial charge in [0.2, 0.25) is 0 Å². The molecule has 1 aliphatic rings. The Bertz CT molecular complexity index is 885. The number of aromatic nitrogens is 3. The average molecular weight is 353 g/mol. The molecule has 1 fully saturated rings. The van der Waals surface area contributed by atoms with Crippen LogP contribution in [-0.2, 0) is 7.05 Å². The van der Waals surface area contributed by atoms with E-state index in [1.165, 1.54) is 11.1 Å². The van der Waals surface area contributed by atoms with Gasteiger partial charge in [-0.15, -0.1) is 0 Å². The van der Waals surface area contributed by atoms with Crippen molar-refractivity contribution in [1.82, 2.24) is 14.8 Å². The van der Waals surface area contributed by atoms with Crippen molar-refractivity contribution in [3.8, 4) is 11.1 Å². The monoisotopic (exact) mass is 352 g/mol. The molecule has 0 amide bonds. The van der Waals surface area contributed by atoms with Gasteiger partial charge in [-0.25, -0.2) is 4.98 Å².